The molecule has 2 N–H and O–H groups in total. The molecule has 0 fully saturated rings. The van der Waals surface area contributed by atoms with E-state index in [-0.39, 0.29) is 11.9 Å². The zero-order valence-corrected chi connectivity index (χ0v) is 13.3. The van der Waals surface area contributed by atoms with Crippen molar-refractivity contribution in [2.75, 3.05) is 45.4 Å². The summed E-state index contributed by atoms with van der Waals surface area (Å²) in [6.07, 6.45) is 1.53. The Hall–Kier alpha value is -1.17. The van der Waals surface area contributed by atoms with Gasteiger partial charge in [-0.15, -0.1) is 0 Å². The van der Waals surface area contributed by atoms with Crippen LogP contribution in [0.2, 0.25) is 0 Å². The monoisotopic (exact) mass is 298 g/mol. The van der Waals surface area contributed by atoms with Crippen molar-refractivity contribution in [3.05, 3.63) is 29.6 Å². The second-order valence-corrected chi connectivity index (χ2v) is 5.12. The minimum atomic E-state index is -0.226. The van der Waals surface area contributed by atoms with Crippen molar-refractivity contribution in [1.82, 2.24) is 0 Å². The first-order valence-corrected chi connectivity index (χ1v) is 7.39. The van der Waals surface area contributed by atoms with E-state index in [1.54, 1.807) is 20.3 Å². The molecule has 1 aromatic rings. The Balaban J connectivity index is 2.97. The molecule has 0 saturated carbocycles. The Morgan fingerprint density at radius 2 is 1.81 bits per heavy atom. The molecule has 0 aliphatic heterocycles. The number of anilines is 1. The van der Waals surface area contributed by atoms with Gasteiger partial charge in [-0.1, -0.05) is 6.92 Å². The molecule has 4 nitrogen and oxygen atoms in total. The Morgan fingerprint density at radius 3 is 2.33 bits per heavy atom. The van der Waals surface area contributed by atoms with Crippen molar-refractivity contribution < 1.29 is 13.9 Å². The Labute approximate surface area is 127 Å². The van der Waals surface area contributed by atoms with Crippen LogP contribution in [-0.2, 0) is 15.9 Å². The van der Waals surface area contributed by atoms with Crippen molar-refractivity contribution in [1.29, 1.82) is 0 Å². The maximum Gasteiger partial charge on any atom is 0.123 e. The molecule has 0 aromatic heterocycles. The number of ether oxygens (including phenoxy) is 2. The van der Waals surface area contributed by atoms with Crippen LogP contribution < -0.4 is 10.6 Å². The molecule has 0 spiro atoms. The first-order valence-electron chi connectivity index (χ1n) is 7.39. The summed E-state index contributed by atoms with van der Waals surface area (Å²) in [6.45, 7) is 4.73. The van der Waals surface area contributed by atoms with Crippen LogP contribution in [0.4, 0.5) is 10.1 Å². The van der Waals surface area contributed by atoms with E-state index in [2.05, 4.69) is 4.90 Å². The van der Waals surface area contributed by atoms with Crippen LogP contribution in [-0.4, -0.2) is 46.6 Å². The molecule has 21 heavy (non-hydrogen) atoms. The van der Waals surface area contributed by atoms with Gasteiger partial charge in [0, 0.05) is 39.0 Å². The third-order valence-corrected chi connectivity index (χ3v) is 3.52. The largest absolute Gasteiger partial charge is 0.383 e. The number of nitrogens with zero attached hydrogens (tertiary/aromatic N) is 1. The lowest BCUT2D eigenvalue weighted by atomic mass is 10.0. The molecule has 0 aliphatic carbocycles. The number of rotatable bonds is 10. The van der Waals surface area contributed by atoms with E-state index < -0.39 is 0 Å². The van der Waals surface area contributed by atoms with Gasteiger partial charge >= 0.3 is 0 Å². The van der Waals surface area contributed by atoms with E-state index >= 15 is 0 Å². The molecular formula is C16H27FN2O2. The molecule has 1 unspecified atom stereocenters. The first-order chi connectivity index (χ1) is 10.1. The van der Waals surface area contributed by atoms with Crippen molar-refractivity contribution in [3.63, 3.8) is 0 Å². The second-order valence-electron chi connectivity index (χ2n) is 5.12. The van der Waals surface area contributed by atoms with E-state index in [4.69, 9.17) is 15.2 Å². The average molecular weight is 298 g/mol. The van der Waals surface area contributed by atoms with Gasteiger partial charge in [-0.25, -0.2) is 4.39 Å². The SMILES string of the molecule is CCC(N)Cc1cc(F)ccc1N(CCOC)CCOC. The summed E-state index contributed by atoms with van der Waals surface area (Å²) in [4.78, 5) is 2.16. The molecule has 1 atom stereocenters. The quantitative estimate of drug-likeness (QED) is 0.719. The van der Waals surface area contributed by atoms with Crippen LogP contribution in [0.15, 0.2) is 18.2 Å². The van der Waals surface area contributed by atoms with Gasteiger partial charge in [-0.05, 0) is 36.6 Å². The van der Waals surface area contributed by atoms with Crippen LogP contribution in [0.1, 0.15) is 18.9 Å². The van der Waals surface area contributed by atoms with Gasteiger partial charge in [0.1, 0.15) is 5.82 Å². The van der Waals surface area contributed by atoms with Gasteiger partial charge < -0.3 is 20.1 Å². The first kappa shape index (κ1) is 17.9. The molecule has 0 saturated heterocycles. The molecule has 0 aliphatic rings. The molecule has 1 aromatic carbocycles. The lowest BCUT2D eigenvalue weighted by Gasteiger charge is -2.27. The van der Waals surface area contributed by atoms with Crippen LogP contribution in [0.25, 0.3) is 0 Å². The van der Waals surface area contributed by atoms with E-state index in [1.165, 1.54) is 6.07 Å². The number of methoxy groups -OCH3 is 2. The van der Waals surface area contributed by atoms with E-state index in [0.29, 0.717) is 19.6 Å². The maximum atomic E-state index is 13.6. The van der Waals surface area contributed by atoms with Crippen LogP contribution in [0.3, 0.4) is 0 Å². The van der Waals surface area contributed by atoms with E-state index in [1.807, 2.05) is 13.0 Å². The lowest BCUT2D eigenvalue weighted by Crippen LogP contribution is -2.32. The van der Waals surface area contributed by atoms with Crippen molar-refractivity contribution in [3.8, 4) is 0 Å². The predicted molar refractivity (Wildman–Crippen MR) is 84.3 cm³/mol. The third-order valence-electron chi connectivity index (χ3n) is 3.52. The lowest BCUT2D eigenvalue weighted by molar-refractivity contribution is 0.190. The highest BCUT2D eigenvalue weighted by Crippen LogP contribution is 2.23. The number of halogens is 1. The maximum absolute atomic E-state index is 13.6. The van der Waals surface area contributed by atoms with E-state index in [0.717, 1.165) is 30.8 Å². The fraction of sp³-hybridized carbons (Fsp3) is 0.625. The summed E-state index contributed by atoms with van der Waals surface area (Å²) < 4.78 is 23.9. The Morgan fingerprint density at radius 1 is 1.19 bits per heavy atom. The molecule has 5 heteroatoms. The molecule has 0 bridgehead atoms. The summed E-state index contributed by atoms with van der Waals surface area (Å²) >= 11 is 0. The predicted octanol–water partition coefficient (Wildman–Crippen LogP) is 2.20. The van der Waals surface area contributed by atoms with Crippen LogP contribution in [0.5, 0.6) is 0 Å². The highest BCUT2D eigenvalue weighted by atomic mass is 19.1. The molecule has 1 rings (SSSR count). The molecule has 0 heterocycles. The van der Waals surface area contributed by atoms with Gasteiger partial charge in [-0.2, -0.15) is 0 Å². The van der Waals surface area contributed by atoms with Crippen molar-refractivity contribution in [2.45, 2.75) is 25.8 Å². The average Bonchev–Trinajstić information content (AvgIpc) is 2.48. The van der Waals surface area contributed by atoms with Gasteiger partial charge in [0.25, 0.3) is 0 Å². The summed E-state index contributed by atoms with van der Waals surface area (Å²) in [5, 5.41) is 0. The van der Waals surface area contributed by atoms with Crippen LogP contribution in [0, 0.1) is 5.82 Å². The third kappa shape index (κ3) is 5.99. The minimum Gasteiger partial charge on any atom is -0.383 e. The molecule has 120 valence electrons. The van der Waals surface area contributed by atoms with Crippen molar-refractivity contribution >= 4 is 5.69 Å². The van der Waals surface area contributed by atoms with Crippen LogP contribution >= 0.6 is 0 Å². The summed E-state index contributed by atoms with van der Waals surface area (Å²) in [7, 11) is 3.35. The van der Waals surface area contributed by atoms with E-state index in [9.17, 15) is 4.39 Å². The fourth-order valence-electron chi connectivity index (χ4n) is 2.21. The molecular weight excluding hydrogens is 271 g/mol. The van der Waals surface area contributed by atoms with Gasteiger partial charge in [0.05, 0.1) is 13.2 Å². The normalized spacial score (nSPS) is 12.4. The molecule has 0 radical (unpaired) electrons. The van der Waals surface area contributed by atoms with Gasteiger partial charge in [0.2, 0.25) is 0 Å². The van der Waals surface area contributed by atoms with Gasteiger partial charge in [-0.3, -0.25) is 0 Å². The number of nitrogens with two attached hydrogens (primary N) is 1. The highest BCUT2D eigenvalue weighted by Gasteiger charge is 2.14. The fourth-order valence-corrected chi connectivity index (χ4v) is 2.21. The molecule has 0 amide bonds. The Bertz CT molecular complexity index is 407. The minimum absolute atomic E-state index is 0.0391. The van der Waals surface area contributed by atoms with Crippen molar-refractivity contribution in [2.24, 2.45) is 5.73 Å². The number of hydrogen-bond donors (Lipinski definition) is 1. The number of hydrogen-bond acceptors (Lipinski definition) is 4. The smallest absolute Gasteiger partial charge is 0.123 e. The standard InChI is InChI=1S/C16H27FN2O2/c1-4-15(18)12-13-11-14(17)5-6-16(13)19(7-9-20-2)8-10-21-3/h5-6,11,15H,4,7-10,12,18H2,1-3H3. The zero-order valence-electron chi connectivity index (χ0n) is 13.3. The number of benzene rings is 1. The topological polar surface area (TPSA) is 47.7 Å². The zero-order chi connectivity index (χ0) is 15.7. The Kier molecular flexibility index (Phi) is 8.27. The second kappa shape index (κ2) is 9.71. The summed E-state index contributed by atoms with van der Waals surface area (Å²) in [5.41, 5.74) is 7.98. The summed E-state index contributed by atoms with van der Waals surface area (Å²) in [6, 6.07) is 4.93. The summed E-state index contributed by atoms with van der Waals surface area (Å²) in [5.74, 6) is -0.226. The van der Waals surface area contributed by atoms with Gasteiger partial charge in [0.15, 0.2) is 0 Å². The highest BCUT2D eigenvalue weighted by molar-refractivity contribution is 5.54.